The maximum Gasteiger partial charge on any atom is 0.147 e. The molecule has 0 saturated heterocycles. The lowest BCUT2D eigenvalue weighted by Gasteiger charge is -2.17. The van der Waals surface area contributed by atoms with E-state index >= 15 is 0 Å². The number of anilines is 2. The fraction of sp³-hybridized carbons (Fsp3) is 0.214. The van der Waals surface area contributed by atoms with Gasteiger partial charge in [0.25, 0.3) is 0 Å². The summed E-state index contributed by atoms with van der Waals surface area (Å²) >= 11 is 3.21. The minimum absolute atomic E-state index is 0.332. The molecular formula is C14H15BrFN2OP. The third kappa shape index (κ3) is 3.28. The van der Waals surface area contributed by atoms with Crippen LogP contribution < -0.4 is 10.6 Å². The van der Waals surface area contributed by atoms with E-state index in [9.17, 15) is 8.96 Å². The van der Waals surface area contributed by atoms with Gasteiger partial charge in [-0.25, -0.2) is 4.39 Å². The van der Waals surface area contributed by atoms with Gasteiger partial charge in [0.05, 0.1) is 17.6 Å². The molecule has 0 saturated carbocycles. The monoisotopic (exact) mass is 356 g/mol. The Hall–Kier alpha value is -1.19. The smallest absolute Gasteiger partial charge is 0.147 e. The number of nitrogens with one attached hydrogen (secondary N) is 1. The number of pyridine rings is 1. The molecule has 1 heterocycles. The Morgan fingerprint density at radius 2 is 2.10 bits per heavy atom. The molecule has 0 bridgehead atoms. The molecule has 0 amide bonds. The number of aromatic nitrogens is 1. The van der Waals surface area contributed by atoms with Gasteiger partial charge in [0, 0.05) is 22.1 Å². The Morgan fingerprint density at radius 1 is 1.35 bits per heavy atom. The SMILES string of the molecule is CC[P@](C)(=O)c1ccncc1Nc1ccc(Br)cc1F. The molecule has 0 spiro atoms. The zero-order valence-electron chi connectivity index (χ0n) is 11.2. The molecule has 106 valence electrons. The highest BCUT2D eigenvalue weighted by molar-refractivity contribution is 9.10. The van der Waals surface area contributed by atoms with E-state index in [1.54, 1.807) is 37.3 Å². The number of nitrogens with zero attached hydrogens (tertiary/aromatic N) is 1. The Kier molecular flexibility index (Phi) is 4.61. The van der Waals surface area contributed by atoms with Crippen LogP contribution in [0.2, 0.25) is 0 Å². The van der Waals surface area contributed by atoms with Crippen molar-refractivity contribution in [3.63, 3.8) is 0 Å². The summed E-state index contributed by atoms with van der Waals surface area (Å²) in [5.41, 5.74) is 0.917. The average Bonchev–Trinajstić information content (AvgIpc) is 2.42. The quantitative estimate of drug-likeness (QED) is 0.827. The minimum Gasteiger partial charge on any atom is -0.351 e. The predicted octanol–water partition coefficient (Wildman–Crippen LogP) is 4.36. The van der Waals surface area contributed by atoms with E-state index < -0.39 is 7.14 Å². The van der Waals surface area contributed by atoms with Gasteiger partial charge in [0.2, 0.25) is 0 Å². The lowest BCUT2D eigenvalue weighted by Crippen LogP contribution is -2.12. The fourth-order valence-electron chi connectivity index (χ4n) is 1.80. The highest BCUT2D eigenvalue weighted by atomic mass is 79.9. The van der Waals surface area contributed by atoms with Gasteiger partial charge in [-0.05, 0) is 30.9 Å². The van der Waals surface area contributed by atoms with Crippen molar-refractivity contribution < 1.29 is 8.96 Å². The van der Waals surface area contributed by atoms with Gasteiger partial charge >= 0.3 is 0 Å². The number of benzene rings is 1. The first-order chi connectivity index (χ1) is 9.44. The molecule has 0 unspecified atom stereocenters. The van der Waals surface area contributed by atoms with E-state index in [-0.39, 0.29) is 5.82 Å². The van der Waals surface area contributed by atoms with Crippen LogP contribution >= 0.6 is 23.1 Å². The summed E-state index contributed by atoms with van der Waals surface area (Å²) in [6, 6.07) is 6.47. The Morgan fingerprint density at radius 3 is 2.75 bits per heavy atom. The lowest BCUT2D eigenvalue weighted by molar-refractivity contribution is 0.585. The lowest BCUT2D eigenvalue weighted by atomic mass is 10.3. The van der Waals surface area contributed by atoms with Gasteiger partial charge in [-0.15, -0.1) is 0 Å². The van der Waals surface area contributed by atoms with E-state index in [4.69, 9.17) is 0 Å². The van der Waals surface area contributed by atoms with Crippen molar-refractivity contribution in [2.75, 3.05) is 18.1 Å². The maximum atomic E-state index is 13.9. The molecule has 6 heteroatoms. The van der Waals surface area contributed by atoms with Crippen LogP contribution in [0.5, 0.6) is 0 Å². The topological polar surface area (TPSA) is 42.0 Å². The Labute approximate surface area is 126 Å². The van der Waals surface area contributed by atoms with Gasteiger partial charge < -0.3 is 9.88 Å². The predicted molar refractivity (Wildman–Crippen MR) is 85.3 cm³/mol. The minimum atomic E-state index is -2.46. The number of rotatable bonds is 4. The van der Waals surface area contributed by atoms with E-state index in [2.05, 4.69) is 26.2 Å². The van der Waals surface area contributed by atoms with Gasteiger partial charge in [0.15, 0.2) is 0 Å². The largest absolute Gasteiger partial charge is 0.351 e. The highest BCUT2D eigenvalue weighted by Crippen LogP contribution is 2.42. The van der Waals surface area contributed by atoms with Crippen molar-refractivity contribution in [3.05, 3.63) is 46.9 Å². The second-order valence-electron chi connectivity index (χ2n) is 4.56. The van der Waals surface area contributed by atoms with E-state index in [1.807, 2.05) is 6.92 Å². The molecule has 0 fully saturated rings. The molecule has 1 N–H and O–H groups in total. The fourth-order valence-corrected chi connectivity index (χ4v) is 3.48. The summed E-state index contributed by atoms with van der Waals surface area (Å²) in [7, 11) is -2.46. The van der Waals surface area contributed by atoms with Gasteiger partial charge in [-0.3, -0.25) is 4.98 Å². The van der Waals surface area contributed by atoms with E-state index in [0.29, 0.717) is 27.3 Å². The summed E-state index contributed by atoms with van der Waals surface area (Å²) in [5, 5.41) is 3.67. The molecular weight excluding hydrogens is 342 g/mol. The van der Waals surface area contributed by atoms with Crippen LogP contribution in [-0.4, -0.2) is 17.8 Å². The molecule has 2 rings (SSSR count). The van der Waals surface area contributed by atoms with Crippen LogP contribution in [0.15, 0.2) is 41.1 Å². The highest BCUT2D eigenvalue weighted by Gasteiger charge is 2.20. The first-order valence-electron chi connectivity index (χ1n) is 6.17. The second kappa shape index (κ2) is 6.06. The molecule has 0 aliphatic carbocycles. The molecule has 0 aliphatic rings. The second-order valence-corrected chi connectivity index (χ2v) is 8.79. The van der Waals surface area contributed by atoms with Crippen LogP contribution in [0.1, 0.15) is 6.92 Å². The van der Waals surface area contributed by atoms with Crippen molar-refractivity contribution in [2.24, 2.45) is 0 Å². The third-order valence-electron chi connectivity index (χ3n) is 3.11. The molecule has 1 atom stereocenters. The van der Waals surface area contributed by atoms with Crippen LogP contribution in [0.3, 0.4) is 0 Å². The molecule has 0 aliphatic heterocycles. The third-order valence-corrected chi connectivity index (χ3v) is 6.22. The van der Waals surface area contributed by atoms with E-state index in [1.165, 1.54) is 6.07 Å². The molecule has 20 heavy (non-hydrogen) atoms. The molecule has 2 aromatic rings. The van der Waals surface area contributed by atoms with E-state index in [0.717, 1.165) is 0 Å². The zero-order chi connectivity index (χ0) is 14.8. The van der Waals surface area contributed by atoms with Crippen molar-refractivity contribution in [1.29, 1.82) is 0 Å². The molecule has 0 radical (unpaired) electrons. The normalized spacial score (nSPS) is 13.8. The van der Waals surface area contributed by atoms with Crippen LogP contribution in [-0.2, 0) is 4.57 Å². The molecule has 1 aromatic heterocycles. The maximum absolute atomic E-state index is 13.9. The first kappa shape index (κ1) is 15.2. The summed E-state index contributed by atoms with van der Waals surface area (Å²) in [6.45, 7) is 3.61. The van der Waals surface area contributed by atoms with Crippen molar-refractivity contribution in [1.82, 2.24) is 4.98 Å². The molecule has 3 nitrogen and oxygen atoms in total. The summed E-state index contributed by atoms with van der Waals surface area (Å²) < 4.78 is 27.1. The zero-order valence-corrected chi connectivity index (χ0v) is 13.7. The van der Waals surface area contributed by atoms with Gasteiger partial charge in [-0.2, -0.15) is 0 Å². The summed E-state index contributed by atoms with van der Waals surface area (Å²) in [4.78, 5) is 4.02. The standard InChI is InChI=1S/C14H15BrFN2OP/c1-3-20(2,19)14-6-7-17-9-13(14)18-12-5-4-10(15)8-11(12)16/h4-9,18H,3H2,1-2H3/t20-/m0/s1. The van der Waals surface area contributed by atoms with Crippen molar-refractivity contribution in [3.8, 4) is 0 Å². The first-order valence-corrected chi connectivity index (χ1v) is 9.30. The summed E-state index contributed by atoms with van der Waals surface area (Å²) in [5.74, 6) is -0.378. The number of halogens is 2. The number of hydrogen-bond donors (Lipinski definition) is 1. The van der Waals surface area contributed by atoms with Crippen LogP contribution in [0.25, 0.3) is 0 Å². The van der Waals surface area contributed by atoms with Crippen LogP contribution in [0.4, 0.5) is 15.8 Å². The molecule has 1 aromatic carbocycles. The van der Waals surface area contributed by atoms with Crippen LogP contribution in [0, 0.1) is 5.82 Å². The van der Waals surface area contributed by atoms with Crippen molar-refractivity contribution >= 4 is 39.8 Å². The Bertz CT molecular complexity index is 678. The summed E-state index contributed by atoms with van der Waals surface area (Å²) in [6.07, 6.45) is 3.72. The van der Waals surface area contributed by atoms with Gasteiger partial charge in [0.1, 0.15) is 13.0 Å². The van der Waals surface area contributed by atoms with Crippen molar-refractivity contribution in [2.45, 2.75) is 6.92 Å². The van der Waals surface area contributed by atoms with Gasteiger partial charge in [-0.1, -0.05) is 22.9 Å². The number of hydrogen-bond acceptors (Lipinski definition) is 3. The Balaban J connectivity index is 2.42. The average molecular weight is 357 g/mol.